The number of aliphatic hydroxyl groups excluding tert-OH is 1. The molecule has 21 heavy (non-hydrogen) atoms. The van der Waals surface area contributed by atoms with E-state index in [1.807, 2.05) is 38.1 Å². The van der Waals surface area contributed by atoms with E-state index in [0.29, 0.717) is 17.1 Å². The lowest BCUT2D eigenvalue weighted by molar-refractivity contribution is 0.212. The van der Waals surface area contributed by atoms with Gasteiger partial charge in [0.05, 0.1) is 14.2 Å². The molecule has 1 atom stereocenters. The van der Waals surface area contributed by atoms with Gasteiger partial charge in [0.25, 0.3) is 0 Å². The van der Waals surface area contributed by atoms with E-state index < -0.39 is 6.10 Å². The third-order valence-corrected chi connectivity index (χ3v) is 3.90. The van der Waals surface area contributed by atoms with Gasteiger partial charge in [-0.1, -0.05) is 24.3 Å². The van der Waals surface area contributed by atoms with Crippen LogP contribution >= 0.6 is 0 Å². The SMILES string of the molecule is COc1cccc(C(O)c2cc(C)c(C)cc2C)c1OC. The summed E-state index contributed by atoms with van der Waals surface area (Å²) < 4.78 is 10.7. The Kier molecular flexibility index (Phi) is 4.53. The molecule has 0 spiro atoms. The molecule has 3 nitrogen and oxygen atoms in total. The van der Waals surface area contributed by atoms with Gasteiger partial charge in [0, 0.05) is 5.56 Å². The van der Waals surface area contributed by atoms with Crippen LogP contribution in [0.3, 0.4) is 0 Å². The minimum Gasteiger partial charge on any atom is -0.493 e. The first-order chi connectivity index (χ1) is 9.99. The van der Waals surface area contributed by atoms with Crippen molar-refractivity contribution in [3.05, 3.63) is 58.1 Å². The van der Waals surface area contributed by atoms with Crippen LogP contribution in [0, 0.1) is 20.8 Å². The fraction of sp³-hybridized carbons (Fsp3) is 0.333. The second-order valence-electron chi connectivity index (χ2n) is 5.28. The molecule has 2 aromatic rings. The molecule has 0 aliphatic rings. The lowest BCUT2D eigenvalue weighted by Gasteiger charge is -2.20. The summed E-state index contributed by atoms with van der Waals surface area (Å²) in [5, 5.41) is 10.8. The van der Waals surface area contributed by atoms with Gasteiger partial charge in [-0.25, -0.2) is 0 Å². The lowest BCUT2D eigenvalue weighted by Crippen LogP contribution is -2.06. The van der Waals surface area contributed by atoms with Gasteiger partial charge in [-0.2, -0.15) is 0 Å². The minimum atomic E-state index is -0.741. The highest BCUT2D eigenvalue weighted by Gasteiger charge is 2.20. The Morgan fingerprint density at radius 1 is 0.857 bits per heavy atom. The lowest BCUT2D eigenvalue weighted by atomic mass is 9.93. The summed E-state index contributed by atoms with van der Waals surface area (Å²) in [6.07, 6.45) is -0.741. The van der Waals surface area contributed by atoms with Crippen molar-refractivity contribution >= 4 is 0 Å². The van der Waals surface area contributed by atoms with Crippen LogP contribution in [0.15, 0.2) is 30.3 Å². The van der Waals surface area contributed by atoms with E-state index >= 15 is 0 Å². The topological polar surface area (TPSA) is 38.7 Å². The number of para-hydroxylation sites is 1. The molecule has 0 aromatic heterocycles. The van der Waals surface area contributed by atoms with E-state index in [2.05, 4.69) is 13.0 Å². The summed E-state index contributed by atoms with van der Waals surface area (Å²) in [4.78, 5) is 0. The molecule has 0 heterocycles. The van der Waals surface area contributed by atoms with Crippen LogP contribution in [0.4, 0.5) is 0 Å². The van der Waals surface area contributed by atoms with Gasteiger partial charge in [-0.05, 0) is 49.1 Å². The molecule has 0 aliphatic heterocycles. The molecule has 2 aromatic carbocycles. The molecule has 0 amide bonds. The normalized spacial score (nSPS) is 12.1. The Morgan fingerprint density at radius 3 is 2.14 bits per heavy atom. The molecule has 3 heteroatoms. The van der Waals surface area contributed by atoms with Crippen molar-refractivity contribution in [2.24, 2.45) is 0 Å². The summed E-state index contributed by atoms with van der Waals surface area (Å²) in [6, 6.07) is 9.67. The fourth-order valence-corrected chi connectivity index (χ4v) is 2.57. The first kappa shape index (κ1) is 15.4. The highest BCUT2D eigenvalue weighted by molar-refractivity contribution is 5.51. The molecule has 2 rings (SSSR count). The Bertz CT molecular complexity index is 647. The van der Waals surface area contributed by atoms with E-state index in [-0.39, 0.29) is 0 Å². The zero-order chi connectivity index (χ0) is 15.6. The van der Waals surface area contributed by atoms with Crippen molar-refractivity contribution in [2.45, 2.75) is 26.9 Å². The maximum Gasteiger partial charge on any atom is 0.166 e. The van der Waals surface area contributed by atoms with E-state index in [0.717, 1.165) is 16.7 Å². The third-order valence-electron chi connectivity index (χ3n) is 3.90. The largest absolute Gasteiger partial charge is 0.493 e. The number of benzene rings is 2. The van der Waals surface area contributed by atoms with E-state index in [4.69, 9.17) is 9.47 Å². The second-order valence-corrected chi connectivity index (χ2v) is 5.28. The van der Waals surface area contributed by atoms with Gasteiger partial charge in [-0.3, -0.25) is 0 Å². The molecule has 0 aliphatic carbocycles. The number of ether oxygens (including phenoxy) is 2. The Hall–Kier alpha value is -2.00. The maximum absolute atomic E-state index is 10.8. The van der Waals surface area contributed by atoms with Crippen molar-refractivity contribution in [1.82, 2.24) is 0 Å². The summed E-state index contributed by atoms with van der Waals surface area (Å²) in [7, 11) is 3.18. The van der Waals surface area contributed by atoms with Crippen molar-refractivity contribution < 1.29 is 14.6 Å². The van der Waals surface area contributed by atoms with Crippen molar-refractivity contribution in [1.29, 1.82) is 0 Å². The quantitative estimate of drug-likeness (QED) is 0.931. The van der Waals surface area contributed by atoms with Crippen LogP contribution in [0.2, 0.25) is 0 Å². The average Bonchev–Trinajstić information content (AvgIpc) is 2.49. The van der Waals surface area contributed by atoms with Gasteiger partial charge in [0.15, 0.2) is 11.5 Å². The Labute approximate surface area is 126 Å². The smallest absolute Gasteiger partial charge is 0.166 e. The Morgan fingerprint density at radius 2 is 1.52 bits per heavy atom. The van der Waals surface area contributed by atoms with Crippen molar-refractivity contribution in [3.8, 4) is 11.5 Å². The van der Waals surface area contributed by atoms with Gasteiger partial charge in [-0.15, -0.1) is 0 Å². The zero-order valence-corrected chi connectivity index (χ0v) is 13.2. The number of methoxy groups -OCH3 is 2. The van der Waals surface area contributed by atoms with Crippen LogP contribution in [0.1, 0.15) is 33.9 Å². The fourth-order valence-electron chi connectivity index (χ4n) is 2.57. The van der Waals surface area contributed by atoms with Gasteiger partial charge in [0.1, 0.15) is 6.10 Å². The number of hydrogen-bond donors (Lipinski definition) is 1. The Balaban J connectivity index is 2.55. The molecule has 0 saturated heterocycles. The predicted octanol–water partition coefficient (Wildman–Crippen LogP) is 3.71. The third kappa shape index (κ3) is 2.88. The van der Waals surface area contributed by atoms with Crippen LogP contribution in [0.25, 0.3) is 0 Å². The average molecular weight is 286 g/mol. The molecule has 112 valence electrons. The highest BCUT2D eigenvalue weighted by Crippen LogP contribution is 2.38. The second kappa shape index (κ2) is 6.19. The predicted molar refractivity (Wildman–Crippen MR) is 84.3 cm³/mol. The highest BCUT2D eigenvalue weighted by atomic mass is 16.5. The van der Waals surface area contributed by atoms with Gasteiger partial charge in [0.2, 0.25) is 0 Å². The monoisotopic (exact) mass is 286 g/mol. The van der Waals surface area contributed by atoms with Crippen LogP contribution in [-0.2, 0) is 0 Å². The van der Waals surface area contributed by atoms with E-state index in [1.54, 1.807) is 14.2 Å². The zero-order valence-electron chi connectivity index (χ0n) is 13.2. The summed E-state index contributed by atoms with van der Waals surface area (Å²) >= 11 is 0. The molecule has 0 bridgehead atoms. The minimum absolute atomic E-state index is 0.574. The van der Waals surface area contributed by atoms with Crippen LogP contribution < -0.4 is 9.47 Å². The van der Waals surface area contributed by atoms with Gasteiger partial charge < -0.3 is 14.6 Å². The van der Waals surface area contributed by atoms with Crippen LogP contribution in [-0.4, -0.2) is 19.3 Å². The maximum atomic E-state index is 10.8. The van der Waals surface area contributed by atoms with E-state index in [1.165, 1.54) is 5.56 Å². The molecule has 1 N–H and O–H groups in total. The number of aliphatic hydroxyl groups is 1. The molecule has 1 unspecified atom stereocenters. The molecular formula is C18H22O3. The van der Waals surface area contributed by atoms with Crippen LogP contribution in [0.5, 0.6) is 11.5 Å². The summed E-state index contributed by atoms with van der Waals surface area (Å²) in [5.74, 6) is 1.20. The van der Waals surface area contributed by atoms with Gasteiger partial charge >= 0.3 is 0 Å². The molecule has 0 saturated carbocycles. The van der Waals surface area contributed by atoms with Crippen molar-refractivity contribution in [3.63, 3.8) is 0 Å². The number of hydrogen-bond acceptors (Lipinski definition) is 3. The standard InChI is InChI=1S/C18H22O3/c1-11-9-13(3)15(10-12(11)2)17(19)14-7-6-8-16(20-4)18(14)21-5/h6-10,17,19H,1-5H3. The first-order valence-corrected chi connectivity index (χ1v) is 6.96. The number of rotatable bonds is 4. The number of aryl methyl sites for hydroxylation is 3. The molecule has 0 fully saturated rings. The molecule has 0 radical (unpaired) electrons. The van der Waals surface area contributed by atoms with Crippen molar-refractivity contribution in [2.75, 3.05) is 14.2 Å². The van der Waals surface area contributed by atoms with E-state index in [9.17, 15) is 5.11 Å². The first-order valence-electron chi connectivity index (χ1n) is 6.96. The summed E-state index contributed by atoms with van der Waals surface area (Å²) in [5.41, 5.74) is 5.06. The summed E-state index contributed by atoms with van der Waals surface area (Å²) in [6.45, 7) is 6.13. The molecular weight excluding hydrogens is 264 g/mol.